The van der Waals surface area contributed by atoms with Crippen molar-refractivity contribution < 1.29 is 9.90 Å². The van der Waals surface area contributed by atoms with Crippen molar-refractivity contribution in [1.82, 2.24) is 14.6 Å². The molecule has 0 radical (unpaired) electrons. The van der Waals surface area contributed by atoms with Gasteiger partial charge in [0.1, 0.15) is 0 Å². The number of hydrogen-bond donors (Lipinski definition) is 1. The molecule has 0 saturated heterocycles. The summed E-state index contributed by atoms with van der Waals surface area (Å²) in [5, 5.41) is 14.2. The largest absolute Gasteiger partial charge is 0.478 e. The van der Waals surface area contributed by atoms with Crippen LogP contribution >= 0.6 is 0 Å². The topological polar surface area (TPSA) is 67.5 Å². The van der Waals surface area contributed by atoms with Gasteiger partial charge in [0.2, 0.25) is 0 Å². The highest BCUT2D eigenvalue weighted by Crippen LogP contribution is 2.26. The lowest BCUT2D eigenvalue weighted by Gasteiger charge is -2.08. The zero-order valence-corrected chi connectivity index (χ0v) is 17.1. The normalized spacial score (nSPS) is 11.0. The Morgan fingerprint density at radius 3 is 2.57 bits per heavy atom. The third kappa shape index (κ3) is 3.62. The van der Waals surface area contributed by atoms with Gasteiger partial charge in [-0.1, -0.05) is 48.5 Å². The average molecular weight is 397 g/mol. The summed E-state index contributed by atoms with van der Waals surface area (Å²) >= 11 is 0. The Bertz CT molecular complexity index is 1250. The highest BCUT2D eigenvalue weighted by Gasteiger charge is 2.16. The number of allylic oxidation sites excluding steroid dienone is 1. The van der Waals surface area contributed by atoms with Gasteiger partial charge >= 0.3 is 5.97 Å². The second kappa shape index (κ2) is 7.95. The Kier molecular flexibility index (Phi) is 5.19. The first-order chi connectivity index (χ1) is 14.5. The third-order valence-corrected chi connectivity index (χ3v) is 5.21. The Labute approximate surface area is 175 Å². The predicted molar refractivity (Wildman–Crippen MR) is 118 cm³/mol. The van der Waals surface area contributed by atoms with Crippen LogP contribution < -0.4 is 0 Å². The highest BCUT2D eigenvalue weighted by molar-refractivity contribution is 5.96. The van der Waals surface area contributed by atoms with E-state index in [2.05, 4.69) is 6.58 Å². The number of benzene rings is 2. The lowest BCUT2D eigenvalue weighted by Crippen LogP contribution is -1.99. The lowest BCUT2D eigenvalue weighted by molar-refractivity contribution is 0.0697. The van der Waals surface area contributed by atoms with Gasteiger partial charge in [0.15, 0.2) is 5.65 Å². The molecule has 0 bridgehead atoms. The van der Waals surface area contributed by atoms with Gasteiger partial charge < -0.3 is 5.11 Å². The summed E-state index contributed by atoms with van der Waals surface area (Å²) in [6.07, 6.45) is 3.24. The van der Waals surface area contributed by atoms with Crippen LogP contribution in [0.5, 0.6) is 0 Å². The summed E-state index contributed by atoms with van der Waals surface area (Å²) in [7, 11) is 0. The van der Waals surface area contributed by atoms with E-state index in [0.717, 1.165) is 39.4 Å². The highest BCUT2D eigenvalue weighted by atomic mass is 16.4. The van der Waals surface area contributed by atoms with Crippen LogP contribution in [0.15, 0.2) is 67.3 Å². The lowest BCUT2D eigenvalue weighted by atomic mass is 9.97. The fraction of sp³-hybridized carbons (Fsp3) is 0.160. The van der Waals surface area contributed by atoms with Gasteiger partial charge in [-0.25, -0.2) is 14.3 Å². The summed E-state index contributed by atoms with van der Waals surface area (Å²) in [6, 6.07) is 17.1. The fourth-order valence-corrected chi connectivity index (χ4v) is 3.82. The molecule has 2 aromatic carbocycles. The Morgan fingerprint density at radius 1 is 1.13 bits per heavy atom. The average Bonchev–Trinajstić information content (AvgIpc) is 3.06. The summed E-state index contributed by atoms with van der Waals surface area (Å²) in [4.78, 5) is 16.3. The predicted octanol–water partition coefficient (Wildman–Crippen LogP) is 5.03. The maximum absolute atomic E-state index is 11.5. The van der Waals surface area contributed by atoms with E-state index < -0.39 is 5.97 Å². The number of nitrogens with zero attached hydrogens (tertiary/aromatic N) is 3. The van der Waals surface area contributed by atoms with E-state index in [0.29, 0.717) is 24.0 Å². The molecule has 0 fully saturated rings. The number of aryl methyl sites for hydroxylation is 2. The minimum atomic E-state index is -0.924. The molecule has 0 aliphatic carbocycles. The van der Waals surface area contributed by atoms with E-state index in [4.69, 9.17) is 10.1 Å². The van der Waals surface area contributed by atoms with Crippen molar-refractivity contribution in [2.45, 2.75) is 26.7 Å². The quantitative estimate of drug-likeness (QED) is 0.463. The molecule has 30 heavy (non-hydrogen) atoms. The molecule has 0 aliphatic rings. The van der Waals surface area contributed by atoms with E-state index >= 15 is 0 Å². The van der Waals surface area contributed by atoms with Crippen LogP contribution in [0.4, 0.5) is 0 Å². The number of aromatic carboxylic acids is 1. The maximum Gasteiger partial charge on any atom is 0.336 e. The molecule has 0 atom stereocenters. The van der Waals surface area contributed by atoms with Gasteiger partial charge in [-0.05, 0) is 42.7 Å². The molecule has 150 valence electrons. The van der Waals surface area contributed by atoms with E-state index in [9.17, 15) is 9.90 Å². The smallest absolute Gasteiger partial charge is 0.336 e. The van der Waals surface area contributed by atoms with E-state index in [1.165, 1.54) is 0 Å². The van der Waals surface area contributed by atoms with E-state index in [1.54, 1.807) is 12.1 Å². The molecule has 4 rings (SSSR count). The van der Waals surface area contributed by atoms with Crippen molar-refractivity contribution in [3.05, 3.63) is 101 Å². The molecule has 0 unspecified atom stereocenters. The molecule has 2 aromatic heterocycles. The zero-order valence-electron chi connectivity index (χ0n) is 17.1. The first kappa shape index (κ1) is 19.6. The second-order valence-corrected chi connectivity index (χ2v) is 7.42. The van der Waals surface area contributed by atoms with E-state index in [-0.39, 0.29) is 0 Å². The first-order valence-electron chi connectivity index (χ1n) is 9.85. The number of carbonyl (C=O) groups is 1. The fourth-order valence-electron chi connectivity index (χ4n) is 3.82. The van der Waals surface area contributed by atoms with Crippen molar-refractivity contribution in [2.24, 2.45) is 0 Å². The van der Waals surface area contributed by atoms with Gasteiger partial charge in [-0.15, -0.1) is 6.58 Å². The number of rotatable bonds is 6. The van der Waals surface area contributed by atoms with Crippen LogP contribution in [0.3, 0.4) is 0 Å². The van der Waals surface area contributed by atoms with Crippen molar-refractivity contribution in [3.8, 4) is 11.1 Å². The van der Waals surface area contributed by atoms with Crippen molar-refractivity contribution in [3.63, 3.8) is 0 Å². The molecule has 5 nitrogen and oxygen atoms in total. The molecule has 0 saturated carbocycles. The van der Waals surface area contributed by atoms with Crippen LogP contribution in [-0.4, -0.2) is 25.7 Å². The molecular weight excluding hydrogens is 374 g/mol. The number of carboxylic acids is 1. The summed E-state index contributed by atoms with van der Waals surface area (Å²) in [5.74, 6) is -0.924. The van der Waals surface area contributed by atoms with Crippen LogP contribution in [0.25, 0.3) is 16.8 Å². The minimum Gasteiger partial charge on any atom is -0.478 e. The Balaban J connectivity index is 1.72. The van der Waals surface area contributed by atoms with Crippen LogP contribution in [0.1, 0.15) is 38.6 Å². The van der Waals surface area contributed by atoms with Crippen molar-refractivity contribution in [1.29, 1.82) is 0 Å². The SMILES string of the molecule is C=CCc1nn2c(C)cc(C)nc2c1Cc1ccc(-c2ccccc2C(=O)O)cc1. The molecule has 0 aliphatic heterocycles. The summed E-state index contributed by atoms with van der Waals surface area (Å²) < 4.78 is 1.90. The van der Waals surface area contributed by atoms with Gasteiger partial charge in [-0.3, -0.25) is 0 Å². The summed E-state index contributed by atoms with van der Waals surface area (Å²) in [5.41, 5.74) is 7.99. The van der Waals surface area contributed by atoms with Gasteiger partial charge in [0.25, 0.3) is 0 Å². The number of carboxylic acid groups (broad SMARTS) is 1. The summed E-state index contributed by atoms with van der Waals surface area (Å²) in [6.45, 7) is 7.89. The number of fused-ring (bicyclic) bond motifs is 1. The number of hydrogen-bond acceptors (Lipinski definition) is 3. The van der Waals surface area contributed by atoms with Gasteiger partial charge in [-0.2, -0.15) is 5.10 Å². The van der Waals surface area contributed by atoms with Gasteiger partial charge in [0, 0.05) is 29.8 Å². The van der Waals surface area contributed by atoms with Crippen LogP contribution in [0.2, 0.25) is 0 Å². The molecule has 0 spiro atoms. The molecule has 4 aromatic rings. The molecule has 5 heteroatoms. The zero-order chi connectivity index (χ0) is 21.3. The Hall–Kier alpha value is -3.73. The van der Waals surface area contributed by atoms with Crippen LogP contribution in [-0.2, 0) is 12.8 Å². The first-order valence-corrected chi connectivity index (χ1v) is 9.85. The molecule has 1 N–H and O–H groups in total. The monoisotopic (exact) mass is 397 g/mol. The third-order valence-electron chi connectivity index (χ3n) is 5.21. The van der Waals surface area contributed by atoms with Crippen molar-refractivity contribution >= 4 is 11.6 Å². The Morgan fingerprint density at radius 2 is 1.87 bits per heavy atom. The van der Waals surface area contributed by atoms with Gasteiger partial charge in [0.05, 0.1) is 11.3 Å². The second-order valence-electron chi connectivity index (χ2n) is 7.42. The molecule has 0 amide bonds. The minimum absolute atomic E-state index is 0.302. The molecule has 2 heterocycles. The van der Waals surface area contributed by atoms with Crippen molar-refractivity contribution in [2.75, 3.05) is 0 Å². The number of aromatic nitrogens is 3. The standard InChI is InChI=1S/C25H23N3O2/c1-4-7-23-22(24-26-16(2)14-17(3)28(24)27-23)15-18-10-12-19(13-11-18)20-8-5-6-9-21(20)25(29)30/h4-6,8-14H,1,7,15H2,2-3H3,(H,29,30). The molecular formula is C25H23N3O2. The maximum atomic E-state index is 11.5. The van der Waals surface area contributed by atoms with Crippen LogP contribution in [0, 0.1) is 13.8 Å². The van der Waals surface area contributed by atoms with E-state index in [1.807, 2.05) is 66.9 Å².